The van der Waals surface area contributed by atoms with Gasteiger partial charge >= 0.3 is 0 Å². The molecule has 1 atom stereocenters. The molecule has 0 aromatic rings. The van der Waals surface area contributed by atoms with Crippen LogP contribution in [0.5, 0.6) is 0 Å². The number of rotatable bonds is 4. The van der Waals surface area contributed by atoms with Crippen LogP contribution < -0.4 is 5.73 Å². The summed E-state index contributed by atoms with van der Waals surface area (Å²) >= 11 is 4.08. The maximum absolute atomic E-state index is 5.51. The van der Waals surface area contributed by atoms with E-state index in [2.05, 4.69) is 12.6 Å². The van der Waals surface area contributed by atoms with Crippen molar-refractivity contribution in [2.75, 3.05) is 5.75 Å². The van der Waals surface area contributed by atoms with Gasteiger partial charge in [0.05, 0.1) is 0 Å². The highest BCUT2D eigenvalue weighted by Gasteiger charge is 1.90. The van der Waals surface area contributed by atoms with Gasteiger partial charge in [-0.1, -0.05) is 6.42 Å². The van der Waals surface area contributed by atoms with Gasteiger partial charge in [-0.05, 0) is 25.5 Å². The highest BCUT2D eigenvalue weighted by Crippen LogP contribution is 1.98. The summed E-state index contributed by atoms with van der Waals surface area (Å²) in [5.74, 6) is 0.993. The second-order valence-corrected chi connectivity index (χ2v) is 2.64. The Morgan fingerprint density at radius 2 is 2.12 bits per heavy atom. The summed E-state index contributed by atoms with van der Waals surface area (Å²) in [6.07, 6.45) is 3.56. The van der Waals surface area contributed by atoms with Crippen molar-refractivity contribution in [1.82, 2.24) is 0 Å². The molecule has 0 saturated carbocycles. The lowest BCUT2D eigenvalue weighted by Crippen LogP contribution is -2.13. The summed E-state index contributed by atoms with van der Waals surface area (Å²) < 4.78 is 0. The van der Waals surface area contributed by atoms with E-state index in [-0.39, 0.29) is 0 Å². The predicted octanol–water partition coefficient (Wildman–Crippen LogP) is 1.43. The topological polar surface area (TPSA) is 26.0 Å². The number of unbranched alkanes of at least 4 members (excludes halogenated alkanes) is 1. The monoisotopic (exact) mass is 133 g/mol. The molecule has 8 heavy (non-hydrogen) atoms. The fraction of sp³-hybridized carbons (Fsp3) is 1.00. The third-order valence-electron chi connectivity index (χ3n) is 1.07. The predicted molar refractivity (Wildman–Crippen MR) is 41.4 cm³/mol. The van der Waals surface area contributed by atoms with Gasteiger partial charge in [-0.2, -0.15) is 12.6 Å². The van der Waals surface area contributed by atoms with Crippen LogP contribution in [-0.2, 0) is 0 Å². The lowest BCUT2D eigenvalue weighted by Gasteiger charge is -2.00. The molecule has 0 aliphatic carbocycles. The number of hydrogen-bond donors (Lipinski definition) is 2. The molecule has 0 aromatic heterocycles. The Labute approximate surface area is 57.1 Å². The minimum atomic E-state index is 0.370. The fourth-order valence-corrected chi connectivity index (χ4v) is 0.802. The summed E-state index contributed by atoms with van der Waals surface area (Å²) in [4.78, 5) is 0. The fourth-order valence-electron chi connectivity index (χ4n) is 0.578. The standard InChI is InChI=1S/C6H15NS/c1-6(7)4-2-3-5-8/h6,8H,2-5,7H2,1H3. The van der Waals surface area contributed by atoms with Crippen LogP contribution in [0.25, 0.3) is 0 Å². The van der Waals surface area contributed by atoms with Crippen molar-refractivity contribution >= 4 is 12.6 Å². The Balaban J connectivity index is 2.72. The molecule has 2 heteroatoms. The van der Waals surface area contributed by atoms with Crippen LogP contribution in [0.3, 0.4) is 0 Å². The molecule has 0 fully saturated rings. The largest absolute Gasteiger partial charge is 0.328 e. The van der Waals surface area contributed by atoms with E-state index in [1.165, 1.54) is 12.8 Å². The van der Waals surface area contributed by atoms with Crippen LogP contribution in [0.4, 0.5) is 0 Å². The third-order valence-corrected chi connectivity index (χ3v) is 1.38. The Hall–Kier alpha value is 0.310. The molecule has 0 bridgehead atoms. The first-order valence-electron chi connectivity index (χ1n) is 3.14. The number of thiol groups is 1. The molecule has 0 spiro atoms. The first kappa shape index (κ1) is 8.31. The Morgan fingerprint density at radius 1 is 1.50 bits per heavy atom. The summed E-state index contributed by atoms with van der Waals surface area (Å²) in [5, 5.41) is 0. The molecule has 0 saturated heterocycles. The van der Waals surface area contributed by atoms with Crippen molar-refractivity contribution in [1.29, 1.82) is 0 Å². The third kappa shape index (κ3) is 6.31. The zero-order valence-electron chi connectivity index (χ0n) is 5.43. The molecule has 0 aliphatic heterocycles. The van der Waals surface area contributed by atoms with Crippen molar-refractivity contribution in [3.05, 3.63) is 0 Å². The van der Waals surface area contributed by atoms with Crippen molar-refractivity contribution < 1.29 is 0 Å². The van der Waals surface area contributed by atoms with Gasteiger partial charge in [0.15, 0.2) is 0 Å². The summed E-state index contributed by atoms with van der Waals surface area (Å²) in [6, 6.07) is 0.370. The second kappa shape index (κ2) is 5.45. The SMILES string of the molecule is CC(N)CCCCS. The summed E-state index contributed by atoms with van der Waals surface area (Å²) in [6.45, 7) is 2.04. The minimum Gasteiger partial charge on any atom is -0.328 e. The van der Waals surface area contributed by atoms with Gasteiger partial charge in [0.2, 0.25) is 0 Å². The lowest BCUT2D eigenvalue weighted by molar-refractivity contribution is 0.618. The van der Waals surface area contributed by atoms with Crippen LogP contribution in [0.1, 0.15) is 26.2 Å². The van der Waals surface area contributed by atoms with Gasteiger partial charge < -0.3 is 5.73 Å². The van der Waals surface area contributed by atoms with Gasteiger partial charge in [-0.15, -0.1) is 0 Å². The average Bonchev–Trinajstić information content (AvgIpc) is 1.66. The van der Waals surface area contributed by atoms with Crippen LogP contribution in [-0.4, -0.2) is 11.8 Å². The van der Waals surface area contributed by atoms with Crippen LogP contribution in [0, 0.1) is 0 Å². The van der Waals surface area contributed by atoms with Crippen molar-refractivity contribution in [3.63, 3.8) is 0 Å². The van der Waals surface area contributed by atoms with E-state index in [4.69, 9.17) is 5.73 Å². The molecule has 0 radical (unpaired) electrons. The highest BCUT2D eigenvalue weighted by atomic mass is 32.1. The van der Waals surface area contributed by atoms with Crippen LogP contribution in [0.15, 0.2) is 0 Å². The van der Waals surface area contributed by atoms with Crippen LogP contribution >= 0.6 is 12.6 Å². The Bertz CT molecular complexity index is 45.8. The zero-order chi connectivity index (χ0) is 6.41. The molecule has 1 unspecified atom stereocenters. The first-order valence-corrected chi connectivity index (χ1v) is 3.77. The smallest absolute Gasteiger partial charge is 0.00104 e. The molecule has 0 rings (SSSR count). The molecule has 50 valence electrons. The van der Waals surface area contributed by atoms with Gasteiger partial charge in [0, 0.05) is 6.04 Å². The van der Waals surface area contributed by atoms with E-state index >= 15 is 0 Å². The maximum Gasteiger partial charge on any atom is 0.00104 e. The number of hydrogen-bond acceptors (Lipinski definition) is 2. The van der Waals surface area contributed by atoms with Gasteiger partial charge in [-0.25, -0.2) is 0 Å². The highest BCUT2D eigenvalue weighted by molar-refractivity contribution is 7.80. The van der Waals surface area contributed by atoms with Gasteiger partial charge in [-0.3, -0.25) is 0 Å². The maximum atomic E-state index is 5.51. The molecule has 0 aliphatic rings. The molecular weight excluding hydrogens is 118 g/mol. The molecule has 2 N–H and O–H groups in total. The molecule has 0 amide bonds. The molecule has 1 nitrogen and oxygen atoms in total. The van der Waals surface area contributed by atoms with Crippen LogP contribution in [0.2, 0.25) is 0 Å². The molecular formula is C6H15NS. The quantitative estimate of drug-likeness (QED) is 0.440. The lowest BCUT2D eigenvalue weighted by atomic mass is 10.2. The minimum absolute atomic E-state index is 0.370. The first-order chi connectivity index (χ1) is 3.77. The molecule has 0 aromatic carbocycles. The second-order valence-electron chi connectivity index (χ2n) is 2.20. The van der Waals surface area contributed by atoms with Crippen molar-refractivity contribution in [2.45, 2.75) is 32.2 Å². The summed E-state index contributed by atoms with van der Waals surface area (Å²) in [5.41, 5.74) is 5.51. The summed E-state index contributed by atoms with van der Waals surface area (Å²) in [7, 11) is 0. The van der Waals surface area contributed by atoms with Gasteiger partial charge in [0.25, 0.3) is 0 Å². The molecule has 0 heterocycles. The number of nitrogens with two attached hydrogens (primary N) is 1. The van der Waals surface area contributed by atoms with E-state index < -0.39 is 0 Å². The van der Waals surface area contributed by atoms with E-state index in [0.717, 1.165) is 12.2 Å². The Kier molecular flexibility index (Phi) is 5.66. The van der Waals surface area contributed by atoms with Gasteiger partial charge in [0.1, 0.15) is 0 Å². The zero-order valence-corrected chi connectivity index (χ0v) is 6.32. The average molecular weight is 133 g/mol. The van der Waals surface area contributed by atoms with E-state index in [1.54, 1.807) is 0 Å². The van der Waals surface area contributed by atoms with E-state index in [0.29, 0.717) is 6.04 Å². The normalized spacial score (nSPS) is 13.9. The van der Waals surface area contributed by atoms with Crippen molar-refractivity contribution in [3.8, 4) is 0 Å². The van der Waals surface area contributed by atoms with E-state index in [1.807, 2.05) is 6.92 Å². The Morgan fingerprint density at radius 3 is 2.50 bits per heavy atom. The van der Waals surface area contributed by atoms with Crippen molar-refractivity contribution in [2.24, 2.45) is 5.73 Å². The van der Waals surface area contributed by atoms with E-state index in [9.17, 15) is 0 Å².